The number of amides is 5. The molecule has 2 fully saturated rings. The summed E-state index contributed by atoms with van der Waals surface area (Å²) in [6.45, 7) is 6.04. The number of nitrogens with one attached hydrogen (secondary N) is 1. The van der Waals surface area contributed by atoms with Crippen LogP contribution in [0.15, 0.2) is 0 Å². The Morgan fingerprint density at radius 1 is 1.12 bits per heavy atom. The third kappa shape index (κ3) is 3.76. The zero-order chi connectivity index (χ0) is 17.9. The molecule has 0 bridgehead atoms. The first kappa shape index (κ1) is 18.4. The molecule has 2 aliphatic rings. The number of hydrogen-bond donors (Lipinski definition) is 1. The van der Waals surface area contributed by atoms with Gasteiger partial charge in [-0.25, -0.2) is 9.69 Å². The highest BCUT2D eigenvalue weighted by Crippen LogP contribution is 2.29. The molecule has 1 saturated heterocycles. The van der Waals surface area contributed by atoms with Gasteiger partial charge in [0.05, 0.1) is 0 Å². The second-order valence-electron chi connectivity index (χ2n) is 6.93. The molecule has 1 N–H and O–H groups in total. The lowest BCUT2D eigenvalue weighted by atomic mass is 9.78. The van der Waals surface area contributed by atoms with Crippen LogP contribution < -0.4 is 5.32 Å². The summed E-state index contributed by atoms with van der Waals surface area (Å²) >= 11 is 0. The third-order valence-electron chi connectivity index (χ3n) is 5.23. The van der Waals surface area contributed by atoms with E-state index < -0.39 is 17.8 Å². The van der Waals surface area contributed by atoms with Crippen LogP contribution in [-0.2, 0) is 14.4 Å². The average molecular weight is 337 g/mol. The third-order valence-corrected chi connectivity index (χ3v) is 5.23. The van der Waals surface area contributed by atoms with Gasteiger partial charge in [0, 0.05) is 12.6 Å². The number of carbonyl (C=O) groups is 4. The molecule has 1 saturated carbocycles. The molecule has 0 radical (unpaired) electrons. The van der Waals surface area contributed by atoms with Gasteiger partial charge < -0.3 is 5.32 Å². The van der Waals surface area contributed by atoms with Gasteiger partial charge in [-0.1, -0.05) is 40.0 Å². The van der Waals surface area contributed by atoms with Crippen molar-refractivity contribution in [3.05, 3.63) is 0 Å². The van der Waals surface area contributed by atoms with Gasteiger partial charge in [-0.2, -0.15) is 0 Å². The van der Waals surface area contributed by atoms with Crippen LogP contribution in [0, 0.1) is 11.8 Å². The maximum Gasteiger partial charge on any atom is 0.334 e. The lowest BCUT2D eigenvalue weighted by Gasteiger charge is -2.34. The topological polar surface area (TPSA) is 86.8 Å². The molecule has 7 heteroatoms. The van der Waals surface area contributed by atoms with Crippen LogP contribution in [0.4, 0.5) is 4.79 Å². The molecule has 0 spiro atoms. The van der Waals surface area contributed by atoms with Crippen molar-refractivity contribution in [3.8, 4) is 0 Å². The summed E-state index contributed by atoms with van der Waals surface area (Å²) in [5.74, 6) is -1.23. The Bertz CT molecular complexity index is 534. The highest BCUT2D eigenvalue weighted by atomic mass is 16.2. The molecule has 1 heterocycles. The quantitative estimate of drug-likeness (QED) is 0.588. The molecule has 0 aromatic carbocycles. The van der Waals surface area contributed by atoms with Crippen molar-refractivity contribution in [1.82, 2.24) is 15.1 Å². The van der Waals surface area contributed by atoms with Crippen molar-refractivity contribution in [2.75, 3.05) is 13.1 Å². The Morgan fingerprint density at radius 3 is 2.46 bits per heavy atom. The number of rotatable bonds is 6. The van der Waals surface area contributed by atoms with Gasteiger partial charge in [-0.05, 0) is 24.7 Å². The number of imide groups is 2. The fraction of sp³-hybridized carbons (Fsp3) is 0.765. The number of urea groups is 1. The van der Waals surface area contributed by atoms with E-state index in [0.29, 0.717) is 18.3 Å². The second-order valence-corrected chi connectivity index (χ2v) is 6.93. The van der Waals surface area contributed by atoms with Crippen LogP contribution in [0.3, 0.4) is 0 Å². The molecule has 2 rings (SSSR count). The minimum absolute atomic E-state index is 0.0564. The molecule has 134 valence electrons. The fourth-order valence-electron chi connectivity index (χ4n) is 3.38. The Hall–Kier alpha value is -1.92. The summed E-state index contributed by atoms with van der Waals surface area (Å²) in [4.78, 5) is 50.0. The molecule has 5 amide bonds. The van der Waals surface area contributed by atoms with E-state index in [4.69, 9.17) is 0 Å². The van der Waals surface area contributed by atoms with Gasteiger partial charge >= 0.3 is 17.8 Å². The van der Waals surface area contributed by atoms with Gasteiger partial charge in [0.1, 0.15) is 6.54 Å². The van der Waals surface area contributed by atoms with Crippen molar-refractivity contribution in [1.29, 1.82) is 0 Å². The minimum Gasteiger partial charge on any atom is -0.352 e. The Kier molecular flexibility index (Phi) is 5.96. The lowest BCUT2D eigenvalue weighted by molar-refractivity contribution is -0.144. The molecule has 3 unspecified atom stereocenters. The second kappa shape index (κ2) is 7.77. The summed E-state index contributed by atoms with van der Waals surface area (Å²) < 4.78 is 0. The predicted molar refractivity (Wildman–Crippen MR) is 87.8 cm³/mol. The van der Waals surface area contributed by atoms with E-state index in [9.17, 15) is 19.2 Å². The molecule has 3 atom stereocenters. The fourth-order valence-corrected chi connectivity index (χ4v) is 3.38. The van der Waals surface area contributed by atoms with Crippen LogP contribution in [-0.4, -0.2) is 52.7 Å². The monoisotopic (exact) mass is 337 g/mol. The van der Waals surface area contributed by atoms with Crippen molar-refractivity contribution < 1.29 is 19.2 Å². The zero-order valence-electron chi connectivity index (χ0n) is 14.7. The van der Waals surface area contributed by atoms with Crippen LogP contribution >= 0.6 is 0 Å². The van der Waals surface area contributed by atoms with Gasteiger partial charge in [0.15, 0.2) is 0 Å². The lowest BCUT2D eigenvalue weighted by Crippen LogP contribution is -2.48. The summed E-state index contributed by atoms with van der Waals surface area (Å²) in [5.41, 5.74) is 0. The molecule has 0 aromatic rings. The molecule has 0 aromatic heterocycles. The van der Waals surface area contributed by atoms with E-state index in [2.05, 4.69) is 19.2 Å². The first-order valence-electron chi connectivity index (χ1n) is 8.83. The van der Waals surface area contributed by atoms with Crippen LogP contribution in [0.25, 0.3) is 0 Å². The minimum atomic E-state index is -0.906. The van der Waals surface area contributed by atoms with E-state index >= 15 is 0 Å². The van der Waals surface area contributed by atoms with Crippen LogP contribution in [0.1, 0.15) is 52.9 Å². The van der Waals surface area contributed by atoms with E-state index in [1.165, 1.54) is 0 Å². The highest BCUT2D eigenvalue weighted by Gasteiger charge is 2.45. The molecule has 7 nitrogen and oxygen atoms in total. The van der Waals surface area contributed by atoms with Crippen molar-refractivity contribution in [2.45, 2.75) is 58.9 Å². The summed E-state index contributed by atoms with van der Waals surface area (Å²) in [7, 11) is 0. The molecular weight excluding hydrogens is 310 g/mol. The maximum atomic E-state index is 12.3. The molecule has 1 aliphatic carbocycles. The van der Waals surface area contributed by atoms with E-state index in [0.717, 1.165) is 35.5 Å². The highest BCUT2D eigenvalue weighted by molar-refractivity contribution is 6.45. The number of carbonyl (C=O) groups excluding carboxylic acids is 4. The number of nitrogens with zero attached hydrogens (tertiary/aromatic N) is 2. The average Bonchev–Trinajstić information content (AvgIpc) is 2.74. The molecular formula is C17H27N3O4. The Morgan fingerprint density at radius 2 is 1.79 bits per heavy atom. The van der Waals surface area contributed by atoms with Gasteiger partial charge in [0.2, 0.25) is 5.91 Å². The predicted octanol–water partition coefficient (Wildman–Crippen LogP) is 1.52. The normalized spacial score (nSPS) is 27.8. The summed E-state index contributed by atoms with van der Waals surface area (Å²) in [5, 5.41) is 2.93. The van der Waals surface area contributed by atoms with E-state index in [-0.39, 0.29) is 25.0 Å². The number of hydrogen-bond acceptors (Lipinski definition) is 4. The largest absolute Gasteiger partial charge is 0.352 e. The van der Waals surface area contributed by atoms with Gasteiger partial charge in [0.25, 0.3) is 0 Å². The van der Waals surface area contributed by atoms with Crippen molar-refractivity contribution in [2.24, 2.45) is 11.8 Å². The number of unbranched alkanes of at least 4 members (excludes halogenated alkanes) is 1. The standard InChI is InChI=1S/C17H27N3O4/c1-4-5-9-19-15(22)16(23)20(17(19)24)10-14(21)18-13-8-6-7-11(2)12(13)3/h11-13H,4-10H2,1-3H3,(H,18,21). The first-order chi connectivity index (χ1) is 11.4. The van der Waals surface area contributed by atoms with E-state index in [1.807, 2.05) is 6.92 Å². The van der Waals surface area contributed by atoms with Crippen molar-refractivity contribution >= 4 is 23.8 Å². The molecule has 1 aliphatic heterocycles. The van der Waals surface area contributed by atoms with Crippen molar-refractivity contribution in [3.63, 3.8) is 0 Å². The first-order valence-corrected chi connectivity index (χ1v) is 8.83. The smallest absolute Gasteiger partial charge is 0.334 e. The van der Waals surface area contributed by atoms with Crippen LogP contribution in [0.2, 0.25) is 0 Å². The maximum absolute atomic E-state index is 12.3. The van der Waals surface area contributed by atoms with E-state index in [1.54, 1.807) is 0 Å². The van der Waals surface area contributed by atoms with Gasteiger partial charge in [-0.3, -0.25) is 19.3 Å². The SMILES string of the molecule is CCCCN1C(=O)C(=O)N(CC(=O)NC2CCCC(C)C2C)C1=O. The Labute approximate surface area is 142 Å². The Balaban J connectivity index is 1.94. The summed E-state index contributed by atoms with van der Waals surface area (Å²) in [6.07, 6.45) is 4.56. The summed E-state index contributed by atoms with van der Waals surface area (Å²) in [6, 6.07) is -0.625. The molecule has 24 heavy (non-hydrogen) atoms. The van der Waals surface area contributed by atoms with Gasteiger partial charge in [-0.15, -0.1) is 0 Å². The zero-order valence-corrected chi connectivity index (χ0v) is 14.7. The van der Waals surface area contributed by atoms with Crippen LogP contribution in [0.5, 0.6) is 0 Å².